The molecule has 0 saturated carbocycles. The van der Waals surface area contributed by atoms with Gasteiger partial charge in [-0.15, -0.1) is 11.3 Å². The van der Waals surface area contributed by atoms with Crippen molar-refractivity contribution in [1.29, 1.82) is 0 Å². The normalized spacial score (nSPS) is 11.9. The SMILES string of the molecule is c1ccc(-c2ccc(-c3nc(-c4ccccc4)nc(-c4ccc(-n5c6ccccc6c6cc7c(cc65)sc5ccccc57)c5oc6ccccc6c45)n3)cc2)cc1. The van der Waals surface area contributed by atoms with Gasteiger partial charge in [-0.05, 0) is 53.6 Å². The van der Waals surface area contributed by atoms with Gasteiger partial charge in [0.15, 0.2) is 23.1 Å². The van der Waals surface area contributed by atoms with E-state index in [2.05, 4.69) is 138 Å². The van der Waals surface area contributed by atoms with E-state index in [9.17, 15) is 0 Å². The second-order valence-electron chi connectivity index (χ2n) is 14.4. The summed E-state index contributed by atoms with van der Waals surface area (Å²) in [7, 11) is 0. The molecule has 0 unspecified atom stereocenters. The summed E-state index contributed by atoms with van der Waals surface area (Å²) >= 11 is 1.84. The molecule has 0 radical (unpaired) electrons. The Balaban J connectivity index is 1.11. The number of hydrogen-bond acceptors (Lipinski definition) is 5. The smallest absolute Gasteiger partial charge is 0.164 e. The Hall–Kier alpha value is -7.41. The summed E-state index contributed by atoms with van der Waals surface area (Å²) in [5.41, 5.74) is 9.83. The Morgan fingerprint density at radius 1 is 0.404 bits per heavy atom. The molecule has 0 amide bonds. The maximum absolute atomic E-state index is 6.90. The molecule has 0 saturated heterocycles. The minimum absolute atomic E-state index is 0.586. The lowest BCUT2D eigenvalue weighted by atomic mass is 10.0. The van der Waals surface area contributed by atoms with Crippen LogP contribution in [-0.2, 0) is 0 Å². The lowest BCUT2D eigenvalue weighted by Gasteiger charge is -2.13. The van der Waals surface area contributed by atoms with Gasteiger partial charge in [-0.1, -0.05) is 140 Å². The van der Waals surface area contributed by atoms with Crippen LogP contribution in [0.15, 0.2) is 186 Å². The summed E-state index contributed by atoms with van der Waals surface area (Å²) in [6.45, 7) is 0. The van der Waals surface area contributed by atoms with Gasteiger partial charge in [0, 0.05) is 58.4 Å². The van der Waals surface area contributed by atoms with Crippen LogP contribution in [0.3, 0.4) is 0 Å². The number of nitrogens with zero attached hydrogens (tertiary/aromatic N) is 4. The zero-order valence-corrected chi connectivity index (χ0v) is 31.2. The fourth-order valence-corrected chi connectivity index (χ4v) is 9.53. The van der Waals surface area contributed by atoms with Crippen LogP contribution < -0.4 is 0 Å². The fraction of sp³-hybridized carbons (Fsp3) is 0. The standard InChI is InChI=1S/C51H30N4OS/c1-3-13-31(14-4-1)32-23-25-34(26-24-32)50-52-49(33-15-5-2-6-16-33)53-51(54-50)38-27-28-42(48-47(38)37-19-8-11-21-44(37)56-48)55-41-20-10-7-17-35(41)39-29-40-36-18-9-12-22-45(36)57-46(40)30-43(39)55/h1-30H. The van der Waals surface area contributed by atoms with Crippen molar-refractivity contribution in [3.05, 3.63) is 182 Å². The van der Waals surface area contributed by atoms with Crippen LogP contribution in [0.5, 0.6) is 0 Å². The van der Waals surface area contributed by atoms with Crippen LogP contribution >= 0.6 is 11.3 Å². The minimum atomic E-state index is 0.586. The maximum atomic E-state index is 6.90. The average Bonchev–Trinajstić information content (AvgIpc) is 3.95. The molecule has 57 heavy (non-hydrogen) atoms. The lowest BCUT2D eigenvalue weighted by Crippen LogP contribution is -2.01. The molecule has 0 bridgehead atoms. The van der Waals surface area contributed by atoms with Crippen LogP contribution in [-0.4, -0.2) is 19.5 Å². The predicted octanol–water partition coefficient (Wildman–Crippen LogP) is 13.9. The molecule has 0 aliphatic rings. The monoisotopic (exact) mass is 746 g/mol. The number of furan rings is 1. The quantitative estimate of drug-likeness (QED) is 0.176. The Kier molecular flexibility index (Phi) is 7.03. The third kappa shape index (κ3) is 5.04. The van der Waals surface area contributed by atoms with E-state index in [4.69, 9.17) is 19.4 Å². The number of benzene rings is 8. The van der Waals surface area contributed by atoms with Gasteiger partial charge in [0.2, 0.25) is 0 Å². The summed E-state index contributed by atoms with van der Waals surface area (Å²) < 4.78 is 11.8. The zero-order chi connectivity index (χ0) is 37.5. The van der Waals surface area contributed by atoms with Crippen LogP contribution in [0, 0.1) is 0 Å². The lowest BCUT2D eigenvalue weighted by molar-refractivity contribution is 0.666. The first-order chi connectivity index (χ1) is 28.2. The van der Waals surface area contributed by atoms with Gasteiger partial charge in [-0.25, -0.2) is 15.0 Å². The number of thiophene rings is 1. The molecule has 0 fully saturated rings. The molecule has 4 heterocycles. The third-order valence-corrected chi connectivity index (χ3v) is 12.2. The number of rotatable bonds is 5. The van der Waals surface area contributed by atoms with Crippen molar-refractivity contribution in [2.75, 3.05) is 0 Å². The van der Waals surface area contributed by atoms with E-state index in [1.165, 1.54) is 30.9 Å². The highest BCUT2D eigenvalue weighted by atomic mass is 32.1. The molecular weight excluding hydrogens is 717 g/mol. The van der Waals surface area contributed by atoms with E-state index in [0.717, 1.165) is 66.5 Å². The molecule has 266 valence electrons. The first-order valence-electron chi connectivity index (χ1n) is 19.0. The second-order valence-corrected chi connectivity index (χ2v) is 15.5. The predicted molar refractivity (Wildman–Crippen MR) is 236 cm³/mol. The minimum Gasteiger partial charge on any atom is -0.454 e. The molecule has 0 N–H and O–H groups in total. The highest BCUT2D eigenvalue weighted by molar-refractivity contribution is 7.25. The van der Waals surface area contributed by atoms with E-state index in [1.54, 1.807) is 0 Å². The Labute approximate surface area is 330 Å². The van der Waals surface area contributed by atoms with Crippen molar-refractivity contribution >= 4 is 75.3 Å². The van der Waals surface area contributed by atoms with Crippen LogP contribution in [0.4, 0.5) is 0 Å². The third-order valence-electron chi connectivity index (χ3n) is 11.1. The maximum Gasteiger partial charge on any atom is 0.164 e. The molecule has 12 aromatic rings. The van der Waals surface area contributed by atoms with Crippen LogP contribution in [0.25, 0.3) is 115 Å². The highest BCUT2D eigenvalue weighted by Crippen LogP contribution is 2.44. The average molecular weight is 747 g/mol. The first-order valence-corrected chi connectivity index (χ1v) is 19.8. The fourth-order valence-electron chi connectivity index (χ4n) is 8.41. The van der Waals surface area contributed by atoms with Gasteiger partial charge in [-0.2, -0.15) is 0 Å². The van der Waals surface area contributed by atoms with E-state index in [-0.39, 0.29) is 0 Å². The summed E-state index contributed by atoms with van der Waals surface area (Å²) in [5, 5.41) is 6.96. The Morgan fingerprint density at radius 3 is 1.79 bits per heavy atom. The molecule has 8 aromatic carbocycles. The number of para-hydroxylation sites is 2. The summed E-state index contributed by atoms with van der Waals surface area (Å²) in [6.07, 6.45) is 0. The van der Waals surface area contributed by atoms with E-state index in [1.807, 2.05) is 59.9 Å². The number of aromatic nitrogens is 4. The number of hydrogen-bond donors (Lipinski definition) is 0. The summed E-state index contributed by atoms with van der Waals surface area (Å²) in [4.78, 5) is 15.4. The molecule has 0 atom stereocenters. The largest absolute Gasteiger partial charge is 0.454 e. The Bertz CT molecular complexity index is 3510. The second kappa shape index (κ2) is 12.6. The van der Waals surface area contributed by atoms with Gasteiger partial charge in [0.25, 0.3) is 0 Å². The van der Waals surface area contributed by atoms with Gasteiger partial charge in [-0.3, -0.25) is 0 Å². The highest BCUT2D eigenvalue weighted by Gasteiger charge is 2.23. The van der Waals surface area contributed by atoms with Crippen molar-refractivity contribution < 1.29 is 4.42 Å². The van der Waals surface area contributed by atoms with Crippen molar-refractivity contribution in [1.82, 2.24) is 19.5 Å². The summed E-state index contributed by atoms with van der Waals surface area (Å²) in [5.74, 6) is 1.81. The van der Waals surface area contributed by atoms with Gasteiger partial charge >= 0.3 is 0 Å². The molecule has 6 heteroatoms. The van der Waals surface area contributed by atoms with Crippen molar-refractivity contribution in [3.63, 3.8) is 0 Å². The van der Waals surface area contributed by atoms with Gasteiger partial charge in [0.05, 0.1) is 16.7 Å². The first kappa shape index (κ1) is 31.9. The molecule has 12 rings (SSSR count). The van der Waals surface area contributed by atoms with Crippen molar-refractivity contribution in [2.45, 2.75) is 0 Å². The molecular formula is C51H30N4OS. The topological polar surface area (TPSA) is 56.7 Å². The Morgan fingerprint density at radius 2 is 1.00 bits per heavy atom. The molecule has 0 aliphatic carbocycles. The van der Waals surface area contributed by atoms with Crippen LogP contribution in [0.2, 0.25) is 0 Å². The van der Waals surface area contributed by atoms with Gasteiger partial charge < -0.3 is 8.98 Å². The van der Waals surface area contributed by atoms with Crippen LogP contribution in [0.1, 0.15) is 0 Å². The van der Waals surface area contributed by atoms with E-state index < -0.39 is 0 Å². The zero-order valence-electron chi connectivity index (χ0n) is 30.4. The molecule has 0 aliphatic heterocycles. The molecule has 5 nitrogen and oxygen atoms in total. The van der Waals surface area contributed by atoms with Crippen molar-refractivity contribution in [3.8, 4) is 51.0 Å². The summed E-state index contributed by atoms with van der Waals surface area (Å²) in [6, 6.07) is 63.6. The van der Waals surface area contributed by atoms with Gasteiger partial charge in [0.1, 0.15) is 5.58 Å². The molecule has 0 spiro atoms. The number of fused-ring (bicyclic) bond motifs is 9. The molecule has 4 aromatic heterocycles. The van der Waals surface area contributed by atoms with E-state index >= 15 is 0 Å². The van der Waals surface area contributed by atoms with Crippen molar-refractivity contribution in [2.24, 2.45) is 0 Å². The van der Waals surface area contributed by atoms with E-state index in [0.29, 0.717) is 17.5 Å².